The van der Waals surface area contributed by atoms with Crippen molar-refractivity contribution in [1.29, 1.82) is 0 Å². The van der Waals surface area contributed by atoms with Crippen LogP contribution in [0, 0.1) is 5.92 Å². The lowest BCUT2D eigenvalue weighted by Crippen LogP contribution is -2.37. The van der Waals surface area contributed by atoms with Gasteiger partial charge in [0.15, 0.2) is 0 Å². The predicted octanol–water partition coefficient (Wildman–Crippen LogP) is 3.27. The van der Waals surface area contributed by atoms with Crippen molar-refractivity contribution in [3.63, 3.8) is 0 Å². The van der Waals surface area contributed by atoms with Crippen molar-refractivity contribution in [3.8, 4) is 0 Å². The summed E-state index contributed by atoms with van der Waals surface area (Å²) >= 11 is 1.67. The number of fused-ring (bicyclic) bond motifs is 1. The summed E-state index contributed by atoms with van der Waals surface area (Å²) in [6.07, 6.45) is 0.734. The summed E-state index contributed by atoms with van der Waals surface area (Å²) in [6, 6.07) is 8.30. The van der Waals surface area contributed by atoms with Crippen molar-refractivity contribution in [2.75, 3.05) is 6.54 Å². The average Bonchev–Trinajstić information content (AvgIpc) is 3.09. The third-order valence-electron chi connectivity index (χ3n) is 4.87. The quantitative estimate of drug-likeness (QED) is 0.849. The molecule has 3 rings (SSSR count). The number of sulfonamides is 1. The van der Waals surface area contributed by atoms with Crippen LogP contribution in [0.2, 0.25) is 0 Å². The molecule has 26 heavy (non-hydrogen) atoms. The molecule has 1 unspecified atom stereocenters. The molecule has 140 valence electrons. The lowest BCUT2D eigenvalue weighted by Gasteiger charge is -2.26. The summed E-state index contributed by atoms with van der Waals surface area (Å²) in [5, 5.41) is 4.92. The molecular formula is C19H24N2O3S2. The number of hydrogen-bond donors (Lipinski definition) is 1. The van der Waals surface area contributed by atoms with Crippen LogP contribution < -0.4 is 5.32 Å². The highest BCUT2D eigenvalue weighted by atomic mass is 32.2. The van der Waals surface area contributed by atoms with Gasteiger partial charge < -0.3 is 5.32 Å². The van der Waals surface area contributed by atoms with Gasteiger partial charge in [-0.1, -0.05) is 19.9 Å². The van der Waals surface area contributed by atoms with Gasteiger partial charge in [-0.3, -0.25) is 4.79 Å². The zero-order valence-corrected chi connectivity index (χ0v) is 16.9. The van der Waals surface area contributed by atoms with E-state index in [0.29, 0.717) is 24.6 Å². The van der Waals surface area contributed by atoms with Crippen LogP contribution in [-0.2, 0) is 23.0 Å². The van der Waals surface area contributed by atoms with Gasteiger partial charge in [0.05, 0.1) is 4.90 Å². The summed E-state index contributed by atoms with van der Waals surface area (Å²) in [7, 11) is -3.63. The average molecular weight is 393 g/mol. The molecule has 1 aliphatic rings. The highest BCUT2D eigenvalue weighted by molar-refractivity contribution is 7.89. The molecule has 0 spiro atoms. The number of rotatable bonds is 5. The van der Waals surface area contributed by atoms with Crippen molar-refractivity contribution >= 4 is 27.3 Å². The third kappa shape index (κ3) is 3.84. The number of thiophene rings is 1. The fraction of sp³-hybridized carbons (Fsp3) is 0.421. The number of carbonyl (C=O) groups excluding carboxylic acids is 1. The van der Waals surface area contributed by atoms with Crippen molar-refractivity contribution in [3.05, 3.63) is 51.7 Å². The number of carbonyl (C=O) groups is 1. The van der Waals surface area contributed by atoms with Crippen LogP contribution in [0.4, 0.5) is 0 Å². The number of hydrogen-bond acceptors (Lipinski definition) is 4. The minimum atomic E-state index is -3.63. The summed E-state index contributed by atoms with van der Waals surface area (Å²) < 4.78 is 27.5. The van der Waals surface area contributed by atoms with Crippen molar-refractivity contribution in [2.24, 2.45) is 5.92 Å². The van der Waals surface area contributed by atoms with Crippen molar-refractivity contribution < 1.29 is 13.2 Å². The first kappa shape index (κ1) is 19.1. The molecule has 0 radical (unpaired) electrons. The topological polar surface area (TPSA) is 66.5 Å². The van der Waals surface area contributed by atoms with E-state index in [2.05, 4.69) is 5.32 Å². The molecule has 0 saturated carbocycles. The second-order valence-electron chi connectivity index (χ2n) is 6.99. The molecule has 1 aliphatic heterocycles. The molecule has 2 aromatic rings. The van der Waals surface area contributed by atoms with Gasteiger partial charge in [-0.2, -0.15) is 4.31 Å². The Morgan fingerprint density at radius 1 is 1.23 bits per heavy atom. The van der Waals surface area contributed by atoms with Gasteiger partial charge in [0.2, 0.25) is 10.0 Å². The molecule has 1 aromatic heterocycles. The Hall–Kier alpha value is -1.70. The maximum Gasteiger partial charge on any atom is 0.251 e. The number of nitrogens with one attached hydrogen (secondary N) is 1. The van der Waals surface area contributed by atoms with E-state index in [1.165, 1.54) is 15.2 Å². The Bertz CT molecular complexity index is 903. The van der Waals surface area contributed by atoms with Crippen LogP contribution in [0.15, 0.2) is 40.6 Å². The molecule has 0 fully saturated rings. The fourth-order valence-corrected chi connectivity index (χ4v) is 5.19. The summed E-state index contributed by atoms with van der Waals surface area (Å²) in [4.78, 5) is 13.9. The molecule has 1 atom stereocenters. The molecule has 0 aliphatic carbocycles. The second-order valence-corrected chi connectivity index (χ2v) is 9.93. The van der Waals surface area contributed by atoms with Gasteiger partial charge in [0.25, 0.3) is 5.91 Å². The van der Waals surface area contributed by atoms with E-state index in [-0.39, 0.29) is 16.8 Å². The number of nitrogens with zero attached hydrogens (tertiary/aromatic N) is 1. The SMILES string of the molecule is CC(C)C(C)NC(=O)c1cccc(S(=O)(=O)N2CCc3sccc3C2)c1. The predicted molar refractivity (Wildman–Crippen MR) is 104 cm³/mol. The van der Waals surface area contributed by atoms with Crippen LogP contribution >= 0.6 is 11.3 Å². The van der Waals surface area contributed by atoms with Gasteiger partial charge >= 0.3 is 0 Å². The molecule has 0 bridgehead atoms. The molecule has 1 amide bonds. The zero-order chi connectivity index (χ0) is 18.9. The highest BCUT2D eigenvalue weighted by Gasteiger charge is 2.29. The lowest BCUT2D eigenvalue weighted by atomic mass is 10.1. The number of amides is 1. The van der Waals surface area contributed by atoms with Gasteiger partial charge in [-0.05, 0) is 54.5 Å². The van der Waals surface area contributed by atoms with Crippen LogP contribution in [0.1, 0.15) is 41.6 Å². The normalized spacial score (nSPS) is 16.3. The van der Waals surface area contributed by atoms with E-state index in [1.807, 2.05) is 32.2 Å². The Morgan fingerprint density at radius 3 is 2.73 bits per heavy atom. The van der Waals surface area contributed by atoms with Crippen LogP contribution in [0.5, 0.6) is 0 Å². The van der Waals surface area contributed by atoms with E-state index in [1.54, 1.807) is 29.5 Å². The number of benzene rings is 1. The second kappa shape index (κ2) is 7.50. The molecule has 5 nitrogen and oxygen atoms in total. The van der Waals surface area contributed by atoms with Gasteiger partial charge in [0.1, 0.15) is 0 Å². The molecule has 2 heterocycles. The monoisotopic (exact) mass is 392 g/mol. The van der Waals surface area contributed by atoms with E-state index >= 15 is 0 Å². The minimum Gasteiger partial charge on any atom is -0.349 e. The maximum absolute atomic E-state index is 13.0. The largest absolute Gasteiger partial charge is 0.349 e. The van der Waals surface area contributed by atoms with E-state index in [4.69, 9.17) is 0 Å². The third-order valence-corrected chi connectivity index (χ3v) is 7.73. The van der Waals surface area contributed by atoms with E-state index < -0.39 is 10.0 Å². The van der Waals surface area contributed by atoms with Crippen LogP contribution in [-0.4, -0.2) is 31.2 Å². The van der Waals surface area contributed by atoms with Crippen molar-refractivity contribution in [1.82, 2.24) is 9.62 Å². The molecule has 7 heteroatoms. The lowest BCUT2D eigenvalue weighted by molar-refractivity contribution is 0.0930. The Labute approximate surface area is 159 Å². The van der Waals surface area contributed by atoms with Gasteiger partial charge in [-0.25, -0.2) is 8.42 Å². The van der Waals surface area contributed by atoms with Crippen LogP contribution in [0.3, 0.4) is 0 Å². The first-order chi connectivity index (χ1) is 12.3. The maximum atomic E-state index is 13.0. The first-order valence-electron chi connectivity index (χ1n) is 8.75. The molecule has 1 aromatic carbocycles. The van der Waals surface area contributed by atoms with Gasteiger partial charge in [-0.15, -0.1) is 11.3 Å². The molecule has 1 N–H and O–H groups in total. The van der Waals surface area contributed by atoms with Crippen molar-refractivity contribution in [2.45, 2.75) is 44.7 Å². The standard InChI is InChI=1S/C19H24N2O3S2/c1-13(2)14(3)20-19(22)15-5-4-6-17(11-15)26(23,24)21-9-7-18-16(12-21)8-10-25-18/h4-6,8,10-11,13-14H,7,9,12H2,1-3H3,(H,20,22). The summed E-state index contributed by atoms with van der Waals surface area (Å²) in [6.45, 7) is 6.86. The van der Waals surface area contributed by atoms with E-state index in [9.17, 15) is 13.2 Å². The zero-order valence-electron chi connectivity index (χ0n) is 15.2. The molecule has 0 saturated heterocycles. The van der Waals surface area contributed by atoms with Gasteiger partial charge in [0, 0.05) is 29.6 Å². The summed E-state index contributed by atoms with van der Waals surface area (Å²) in [5.41, 5.74) is 1.44. The van der Waals surface area contributed by atoms with E-state index in [0.717, 1.165) is 12.0 Å². The first-order valence-corrected chi connectivity index (χ1v) is 11.1. The fourth-order valence-electron chi connectivity index (χ4n) is 2.83. The highest BCUT2D eigenvalue weighted by Crippen LogP contribution is 2.28. The molecular weight excluding hydrogens is 368 g/mol. The smallest absolute Gasteiger partial charge is 0.251 e. The van der Waals surface area contributed by atoms with Crippen LogP contribution in [0.25, 0.3) is 0 Å². The Kier molecular flexibility index (Phi) is 5.50. The Morgan fingerprint density at radius 2 is 2.00 bits per heavy atom. The minimum absolute atomic E-state index is 0.0156. The Balaban J connectivity index is 1.82. The summed E-state index contributed by atoms with van der Waals surface area (Å²) in [5.74, 6) is 0.0565.